The van der Waals surface area contributed by atoms with Crippen molar-refractivity contribution in [2.24, 2.45) is 11.8 Å². The van der Waals surface area contributed by atoms with Gasteiger partial charge in [0.2, 0.25) is 0 Å². The molecule has 1 aliphatic heterocycles. The second kappa shape index (κ2) is 5.81. The van der Waals surface area contributed by atoms with E-state index in [9.17, 15) is 9.59 Å². The summed E-state index contributed by atoms with van der Waals surface area (Å²) in [5, 5.41) is 11.8. The third kappa shape index (κ3) is 3.01. The van der Waals surface area contributed by atoms with E-state index in [0.717, 1.165) is 0 Å². The standard InChI is InChI=1S/C14H18N2O4/c1-9-7-16(8-12(9)13(17)18)14(19)15-10-4-3-5-11(6-10)20-2/h3-6,9,12H,7-8H2,1-2H3,(H,15,19)(H,17,18)/t9-,12-/m1/s1. The Morgan fingerprint density at radius 3 is 2.75 bits per heavy atom. The van der Waals surface area contributed by atoms with E-state index in [2.05, 4.69) is 5.32 Å². The number of carboxylic acids is 1. The van der Waals surface area contributed by atoms with Gasteiger partial charge in [0, 0.05) is 24.8 Å². The number of carbonyl (C=O) groups excluding carboxylic acids is 1. The molecular weight excluding hydrogens is 260 g/mol. The van der Waals surface area contributed by atoms with Crippen LogP contribution in [0.3, 0.4) is 0 Å². The van der Waals surface area contributed by atoms with Crippen LogP contribution in [0.5, 0.6) is 5.75 Å². The molecule has 0 spiro atoms. The van der Waals surface area contributed by atoms with Gasteiger partial charge in [-0.2, -0.15) is 0 Å². The van der Waals surface area contributed by atoms with Crippen LogP contribution in [-0.4, -0.2) is 42.2 Å². The van der Waals surface area contributed by atoms with E-state index in [1.54, 1.807) is 31.4 Å². The van der Waals surface area contributed by atoms with E-state index in [-0.39, 0.29) is 18.5 Å². The molecule has 2 atom stereocenters. The Morgan fingerprint density at radius 1 is 1.40 bits per heavy atom. The smallest absolute Gasteiger partial charge is 0.321 e. The number of hydrogen-bond donors (Lipinski definition) is 2. The first-order chi connectivity index (χ1) is 9.51. The van der Waals surface area contributed by atoms with Crippen molar-refractivity contribution in [1.29, 1.82) is 0 Å². The number of nitrogens with zero attached hydrogens (tertiary/aromatic N) is 1. The highest BCUT2D eigenvalue weighted by Gasteiger charge is 2.36. The minimum absolute atomic E-state index is 0.0384. The molecule has 6 heteroatoms. The maximum absolute atomic E-state index is 12.1. The number of nitrogens with one attached hydrogen (secondary N) is 1. The number of methoxy groups -OCH3 is 1. The van der Waals surface area contributed by atoms with Gasteiger partial charge >= 0.3 is 12.0 Å². The van der Waals surface area contributed by atoms with E-state index in [4.69, 9.17) is 9.84 Å². The summed E-state index contributed by atoms with van der Waals surface area (Å²) in [7, 11) is 1.56. The van der Waals surface area contributed by atoms with Crippen LogP contribution in [0, 0.1) is 11.8 Å². The highest BCUT2D eigenvalue weighted by Crippen LogP contribution is 2.24. The number of carboxylic acid groups (broad SMARTS) is 1. The van der Waals surface area contributed by atoms with Crippen molar-refractivity contribution < 1.29 is 19.4 Å². The zero-order chi connectivity index (χ0) is 14.7. The number of benzene rings is 1. The summed E-state index contributed by atoms with van der Waals surface area (Å²) >= 11 is 0. The second-order valence-corrected chi connectivity index (χ2v) is 4.99. The number of rotatable bonds is 3. The molecular formula is C14H18N2O4. The predicted molar refractivity (Wildman–Crippen MR) is 73.9 cm³/mol. The first kappa shape index (κ1) is 14.2. The van der Waals surface area contributed by atoms with E-state index < -0.39 is 11.9 Å². The lowest BCUT2D eigenvalue weighted by atomic mass is 9.99. The van der Waals surface area contributed by atoms with Crippen molar-refractivity contribution in [2.45, 2.75) is 6.92 Å². The van der Waals surface area contributed by atoms with E-state index in [0.29, 0.717) is 18.0 Å². The van der Waals surface area contributed by atoms with Crippen molar-refractivity contribution >= 4 is 17.7 Å². The lowest BCUT2D eigenvalue weighted by molar-refractivity contribution is -0.142. The Labute approximate surface area is 117 Å². The quantitative estimate of drug-likeness (QED) is 0.884. The Bertz CT molecular complexity index is 518. The topological polar surface area (TPSA) is 78.9 Å². The highest BCUT2D eigenvalue weighted by molar-refractivity contribution is 5.90. The Kier molecular flexibility index (Phi) is 4.12. The first-order valence-electron chi connectivity index (χ1n) is 6.44. The maximum Gasteiger partial charge on any atom is 0.321 e. The molecule has 1 heterocycles. The summed E-state index contributed by atoms with van der Waals surface area (Å²) in [5.41, 5.74) is 0.626. The molecule has 1 fully saturated rings. The molecule has 0 bridgehead atoms. The summed E-state index contributed by atoms with van der Waals surface area (Å²) in [4.78, 5) is 24.7. The predicted octanol–water partition coefficient (Wildman–Crippen LogP) is 1.88. The molecule has 0 unspecified atom stereocenters. The summed E-state index contributed by atoms with van der Waals surface area (Å²) < 4.78 is 5.08. The molecule has 1 saturated heterocycles. The van der Waals surface area contributed by atoms with Gasteiger partial charge in [0.15, 0.2) is 0 Å². The average molecular weight is 278 g/mol. The average Bonchev–Trinajstić information content (AvgIpc) is 2.81. The minimum atomic E-state index is -0.853. The van der Waals surface area contributed by atoms with Gasteiger partial charge in [0.1, 0.15) is 5.75 Å². The zero-order valence-electron chi connectivity index (χ0n) is 11.5. The van der Waals surface area contributed by atoms with Crippen LogP contribution in [0.25, 0.3) is 0 Å². The third-order valence-electron chi connectivity index (χ3n) is 3.54. The zero-order valence-corrected chi connectivity index (χ0v) is 11.5. The molecule has 1 aliphatic rings. The molecule has 0 saturated carbocycles. The Hall–Kier alpha value is -2.24. The SMILES string of the molecule is COc1cccc(NC(=O)N2C[C@@H](C)[C@H](C(=O)O)C2)c1. The minimum Gasteiger partial charge on any atom is -0.497 e. The van der Waals surface area contributed by atoms with Gasteiger partial charge < -0.3 is 20.1 Å². The largest absolute Gasteiger partial charge is 0.497 e. The van der Waals surface area contributed by atoms with Gasteiger partial charge in [-0.25, -0.2) is 4.79 Å². The van der Waals surface area contributed by atoms with E-state index >= 15 is 0 Å². The van der Waals surface area contributed by atoms with Gasteiger partial charge in [-0.3, -0.25) is 4.79 Å². The third-order valence-corrected chi connectivity index (χ3v) is 3.54. The number of carbonyl (C=O) groups is 2. The van der Waals surface area contributed by atoms with Crippen LogP contribution in [0.2, 0.25) is 0 Å². The van der Waals surface area contributed by atoms with Crippen LogP contribution in [0.4, 0.5) is 10.5 Å². The molecule has 1 aromatic rings. The Morgan fingerprint density at radius 2 is 2.15 bits per heavy atom. The van der Waals surface area contributed by atoms with Crippen LogP contribution in [0.15, 0.2) is 24.3 Å². The van der Waals surface area contributed by atoms with Crippen LogP contribution >= 0.6 is 0 Å². The number of anilines is 1. The fourth-order valence-corrected chi connectivity index (χ4v) is 2.36. The number of likely N-dealkylation sites (tertiary alicyclic amines) is 1. The molecule has 108 valence electrons. The monoisotopic (exact) mass is 278 g/mol. The summed E-state index contributed by atoms with van der Waals surface area (Å²) in [6, 6.07) is 6.75. The van der Waals surface area contributed by atoms with E-state index in [1.165, 1.54) is 4.90 Å². The molecule has 2 rings (SSSR count). The Balaban J connectivity index is 2.00. The fraction of sp³-hybridized carbons (Fsp3) is 0.429. The number of urea groups is 1. The summed E-state index contributed by atoms with van der Waals surface area (Å²) in [6.45, 7) is 2.54. The molecule has 1 aromatic carbocycles. The van der Waals surface area contributed by atoms with Crippen molar-refractivity contribution in [3.8, 4) is 5.75 Å². The number of aliphatic carboxylic acids is 1. The van der Waals surface area contributed by atoms with Gasteiger partial charge in [-0.05, 0) is 18.1 Å². The van der Waals surface area contributed by atoms with Gasteiger partial charge in [-0.1, -0.05) is 13.0 Å². The van der Waals surface area contributed by atoms with Gasteiger partial charge in [0.05, 0.1) is 13.0 Å². The van der Waals surface area contributed by atoms with Crippen molar-refractivity contribution in [3.63, 3.8) is 0 Å². The molecule has 20 heavy (non-hydrogen) atoms. The van der Waals surface area contributed by atoms with E-state index in [1.807, 2.05) is 6.92 Å². The molecule has 0 aromatic heterocycles. The van der Waals surface area contributed by atoms with Crippen molar-refractivity contribution in [3.05, 3.63) is 24.3 Å². The van der Waals surface area contributed by atoms with Crippen molar-refractivity contribution in [2.75, 3.05) is 25.5 Å². The number of ether oxygens (including phenoxy) is 1. The van der Waals surface area contributed by atoms with Crippen LogP contribution in [-0.2, 0) is 4.79 Å². The molecule has 0 aliphatic carbocycles. The summed E-state index contributed by atoms with van der Waals surface area (Å²) in [5.74, 6) is -0.732. The second-order valence-electron chi connectivity index (χ2n) is 4.99. The van der Waals surface area contributed by atoms with Gasteiger partial charge in [-0.15, -0.1) is 0 Å². The highest BCUT2D eigenvalue weighted by atomic mass is 16.5. The number of hydrogen-bond acceptors (Lipinski definition) is 3. The number of amides is 2. The molecule has 2 amide bonds. The van der Waals surface area contributed by atoms with Gasteiger partial charge in [0.25, 0.3) is 0 Å². The molecule has 0 radical (unpaired) electrons. The fourth-order valence-electron chi connectivity index (χ4n) is 2.36. The lowest BCUT2D eigenvalue weighted by Crippen LogP contribution is -2.33. The van der Waals surface area contributed by atoms with Crippen LogP contribution in [0.1, 0.15) is 6.92 Å². The first-order valence-corrected chi connectivity index (χ1v) is 6.44. The normalized spacial score (nSPS) is 21.6. The molecule has 6 nitrogen and oxygen atoms in total. The summed E-state index contributed by atoms with van der Waals surface area (Å²) in [6.07, 6.45) is 0. The van der Waals surface area contributed by atoms with Crippen LogP contribution < -0.4 is 10.1 Å². The molecule has 2 N–H and O–H groups in total. The van der Waals surface area contributed by atoms with Crippen molar-refractivity contribution in [1.82, 2.24) is 4.90 Å². The lowest BCUT2D eigenvalue weighted by Gasteiger charge is -2.17. The maximum atomic E-state index is 12.1.